The molecule has 0 fully saturated rings. The topological polar surface area (TPSA) is 496 Å². The van der Waals surface area contributed by atoms with Crippen molar-refractivity contribution < 1.29 is 258 Å². The quantitative estimate of drug-likeness (QED) is 0.00367. The molecule has 0 aliphatic carbocycles. The van der Waals surface area contributed by atoms with Gasteiger partial charge in [-0.1, -0.05) is 137 Å². The Morgan fingerprint density at radius 3 is 1.27 bits per heavy atom. The summed E-state index contributed by atoms with van der Waals surface area (Å²) in [5.41, 5.74) is 23.0. The number of esters is 2. The Kier molecular flexibility index (Phi) is 58.9. The largest absolute Gasteiger partial charge is 1.00 e. The van der Waals surface area contributed by atoms with Crippen molar-refractivity contribution in [3.63, 3.8) is 0 Å². The van der Waals surface area contributed by atoms with Crippen LogP contribution in [0, 0.1) is 20.8 Å². The minimum Gasteiger partial charge on any atom is -1.00 e. The number of ketones is 2. The molecule has 7 aromatic carbocycles. The Bertz CT molecular complexity index is 5580. The fourth-order valence-electron chi connectivity index (χ4n) is 13.4. The van der Waals surface area contributed by atoms with Crippen LogP contribution in [0.4, 0.5) is 21.2 Å². The van der Waals surface area contributed by atoms with Crippen molar-refractivity contribution in [2.45, 2.75) is 142 Å². The maximum atomic E-state index is 13.3. The van der Waals surface area contributed by atoms with Crippen LogP contribution in [0.1, 0.15) is 134 Å². The molecule has 738 valence electrons. The molecule has 0 aliphatic rings. The van der Waals surface area contributed by atoms with Gasteiger partial charge in [0.1, 0.15) is 46.8 Å². The number of phenols is 1. The normalized spacial score (nSPS) is 11.3. The van der Waals surface area contributed by atoms with Crippen LogP contribution >= 0.6 is 0 Å². The number of anilines is 2. The minimum absolute atomic E-state index is 0. The number of nitrogens with one attached hydrogen (secondary N) is 2. The summed E-state index contributed by atoms with van der Waals surface area (Å²) in [6.07, 6.45) is 2.91. The molecule has 9 rings (SSSR count). The van der Waals surface area contributed by atoms with Crippen LogP contribution in [0.2, 0.25) is 0 Å². The van der Waals surface area contributed by atoms with Gasteiger partial charge in [-0.3, -0.25) is 43.4 Å². The predicted octanol–water partition coefficient (Wildman–Crippen LogP) is 9.39. The summed E-state index contributed by atoms with van der Waals surface area (Å²) in [7, 11) is -0.844. The smallest absolute Gasteiger partial charge is 1.00 e. The molecule has 2 aromatic heterocycles. The standard InChI is InChI=1S/C52H70N6O13.C38H43N3O7.C8H9N3O2S.CH2O3.2Cs.H/c1-39-18-19-54-48(35-39)58(51(62)71-52(2,3)4)21-8-11-49(60)55-38-43(59)36-42(37-50(61)63-5)40-12-14-41(15-13-40)44-16-17-47(46-10-7-6-9-45(44)46)70-34-33-69-32-31-68-30-29-67-28-27-66-26-25-65-24-23-64-22-20-56-57-53;1-25-18-19-39-34(21-25)41(37(46)48-38(2,3)4)20-8-11-35(44)40-24-29(42)22-28(23-36(45)47-5)26-12-14-27(15-13-26)30-16-17-33(43)32-10-7-6-9-31(30)32;1-7-2-4-8(5-3-7)14(12,13)6-10-11-9;2-1-4-3;;;/h6-7,9-10,12-19,35,42H,8,11,20-34,36-38H2,1-5H3,(H,55,60);6-7,9-10,12-19,21,28,43H,8,11,20,22-24H2,1-5H3,(H,40,44);2-5H,6H2,1H3;1,3H;;;/q;;;;2*+1;-1/p-1/t42-;28-;;;;;/m00...../s1. The fraction of sp³-hybridized carbons (Fsp3) is 0.424. The molecule has 0 bridgehead atoms. The van der Waals surface area contributed by atoms with Crippen LogP contribution in [0.5, 0.6) is 11.5 Å². The van der Waals surface area contributed by atoms with E-state index >= 15 is 0 Å². The van der Waals surface area contributed by atoms with E-state index in [1.165, 1.54) is 36.2 Å². The van der Waals surface area contributed by atoms with E-state index in [1.807, 2.05) is 148 Å². The summed E-state index contributed by atoms with van der Waals surface area (Å²) in [5, 5.41) is 34.1. The average molecular weight is 2180 g/mol. The van der Waals surface area contributed by atoms with Crippen molar-refractivity contribution in [1.29, 1.82) is 0 Å². The number of aryl methyl sites for hydroxylation is 3. The second-order valence-corrected chi connectivity index (χ2v) is 34.8. The number of Topliss-reactive ketones (excluding diaryl/α,β-unsaturated/α-hetero) is 2. The molecule has 0 aliphatic heterocycles. The number of azide groups is 2. The Hall–Kier alpha value is -9.42. The number of hydrogen-bond acceptors (Lipinski definition) is 29. The number of carbonyl (C=O) groups is 9. The van der Waals surface area contributed by atoms with Gasteiger partial charge in [0.05, 0.1) is 124 Å². The van der Waals surface area contributed by atoms with Crippen molar-refractivity contribution >= 4 is 97.0 Å². The molecule has 2 heterocycles. The molecular formula is C99H124Cs2N12O25S. The number of rotatable bonds is 52. The molecular weight excluding hydrogens is 2060 g/mol. The Labute approximate surface area is 929 Å². The second-order valence-electron chi connectivity index (χ2n) is 32.9. The number of carbonyl (C=O) groups excluding carboxylic acids is 9. The fourth-order valence-corrected chi connectivity index (χ4v) is 14.3. The number of aromatic nitrogens is 2. The van der Waals surface area contributed by atoms with E-state index in [0.29, 0.717) is 117 Å². The molecule has 4 amide bonds. The minimum atomic E-state index is -3.46. The van der Waals surface area contributed by atoms with Gasteiger partial charge in [0, 0.05) is 90.1 Å². The first kappa shape index (κ1) is 122. The molecule has 0 radical (unpaired) electrons. The van der Waals surface area contributed by atoms with Gasteiger partial charge < -0.3 is 79.4 Å². The molecule has 37 nitrogen and oxygen atoms in total. The first-order chi connectivity index (χ1) is 65.7. The van der Waals surface area contributed by atoms with E-state index in [9.17, 15) is 51.9 Å². The van der Waals surface area contributed by atoms with Gasteiger partial charge in [-0.25, -0.2) is 28.0 Å². The number of sulfone groups is 1. The van der Waals surface area contributed by atoms with Gasteiger partial charge in [-0.2, -0.15) is 0 Å². The maximum Gasteiger partial charge on any atom is 1.00 e. The first-order valence-corrected chi connectivity index (χ1v) is 46.0. The van der Waals surface area contributed by atoms with Crippen molar-refractivity contribution in [3.8, 4) is 33.8 Å². The third-order valence-corrected chi connectivity index (χ3v) is 21.4. The summed E-state index contributed by atoms with van der Waals surface area (Å²) in [5.74, 6) is -1.71. The molecule has 2 atom stereocenters. The number of fused-ring (bicyclic) bond motifs is 2. The van der Waals surface area contributed by atoms with Crippen LogP contribution in [0.15, 0.2) is 197 Å². The molecule has 0 saturated carbocycles. The number of phenolic OH excluding ortho intramolecular Hbond substituents is 1. The number of pyridine rings is 2. The summed E-state index contributed by atoms with van der Waals surface area (Å²) < 4.78 is 83.0. The predicted molar refractivity (Wildman–Crippen MR) is 513 cm³/mol. The zero-order chi connectivity index (χ0) is 100.0. The molecule has 40 heteroatoms. The van der Waals surface area contributed by atoms with Crippen molar-refractivity contribution in [2.24, 2.45) is 10.2 Å². The van der Waals surface area contributed by atoms with Gasteiger partial charge in [-0.15, -0.1) is 0 Å². The summed E-state index contributed by atoms with van der Waals surface area (Å²) in [6.45, 7) is 22.0. The second kappa shape index (κ2) is 67.1. The monoisotopic (exact) mass is 2180 g/mol. The van der Waals surface area contributed by atoms with Crippen molar-refractivity contribution in [3.05, 3.63) is 231 Å². The van der Waals surface area contributed by atoms with Gasteiger partial charge in [0.15, 0.2) is 21.4 Å². The number of aromatic hydroxyl groups is 1. The molecule has 0 unspecified atom stereocenters. The van der Waals surface area contributed by atoms with Gasteiger partial charge >= 0.3 is 162 Å². The summed E-state index contributed by atoms with van der Waals surface area (Å²) in [4.78, 5) is 130. The third kappa shape index (κ3) is 47.4. The van der Waals surface area contributed by atoms with Crippen molar-refractivity contribution in [1.82, 2.24) is 20.6 Å². The summed E-state index contributed by atoms with van der Waals surface area (Å²) >= 11 is 0. The average Bonchev–Trinajstić information content (AvgIpc) is 0.786. The van der Waals surface area contributed by atoms with E-state index in [4.69, 9.17) is 73.2 Å². The van der Waals surface area contributed by atoms with E-state index in [0.717, 1.165) is 77.4 Å². The zero-order valence-electron chi connectivity index (χ0n) is 82.3. The maximum absolute atomic E-state index is 13.3. The number of hydrogen-bond donors (Lipinski definition) is 3. The van der Waals surface area contributed by atoms with Crippen LogP contribution in [-0.2, 0) is 95.7 Å². The van der Waals surface area contributed by atoms with Gasteiger partial charge in [-0.05, 0) is 190 Å². The van der Waals surface area contributed by atoms with E-state index < -0.39 is 62.9 Å². The number of amides is 4. The molecule has 0 spiro atoms. The number of nitrogens with zero attached hydrogens (tertiary/aromatic N) is 10. The molecule has 139 heavy (non-hydrogen) atoms. The Morgan fingerprint density at radius 1 is 0.496 bits per heavy atom. The summed E-state index contributed by atoms with van der Waals surface area (Å²) in [6, 6.07) is 52.0. The van der Waals surface area contributed by atoms with Gasteiger partial charge in [0.2, 0.25) is 11.8 Å². The number of ether oxygens (including phenoxy) is 11. The number of methoxy groups -OCH3 is 2. The van der Waals surface area contributed by atoms with E-state index in [2.05, 4.69) is 45.5 Å². The van der Waals surface area contributed by atoms with Crippen LogP contribution < -0.4 is 168 Å². The third-order valence-electron chi connectivity index (χ3n) is 20.0. The number of benzene rings is 7. The molecule has 3 N–H and O–H groups in total. The van der Waals surface area contributed by atoms with Gasteiger partial charge in [0.25, 0.3) is 6.47 Å². The first-order valence-electron chi connectivity index (χ1n) is 44.3. The molecule has 0 saturated heterocycles. The van der Waals surface area contributed by atoms with E-state index in [-0.39, 0.29) is 244 Å². The van der Waals surface area contributed by atoms with Crippen LogP contribution in [0.3, 0.4) is 0 Å². The van der Waals surface area contributed by atoms with E-state index in [1.54, 1.807) is 84.3 Å². The Morgan fingerprint density at radius 2 is 0.878 bits per heavy atom. The van der Waals surface area contributed by atoms with Crippen LogP contribution in [0.25, 0.3) is 64.7 Å². The van der Waals surface area contributed by atoms with Crippen molar-refractivity contribution in [2.75, 3.05) is 149 Å². The zero-order valence-corrected chi connectivity index (χ0v) is 94.6. The Balaban J connectivity index is 0.000000625. The molecule has 9 aromatic rings. The SMILES string of the molecule is COC(=O)C[C@H](CC(=O)CNC(=O)CCCN(C(=O)OC(C)(C)C)c1cc(C)ccn1)c1ccc(-c2ccc(O)c3ccccc23)cc1.COC(=O)C[C@H](CC(=O)CNC(=O)CCCN(C(=O)OC(C)(C)C)c1cc(C)ccn1)c1ccc(-c2ccc(OCCOCCOCCOCCOCCOCCOCCN=[N+]=[N-])c3ccccc23)cc1.Cc1ccc(S(=O)(=O)CN=[N+]=[N-])cc1.O=CO[O-].[Cs+].[Cs+].[H-]. The van der Waals surface area contributed by atoms with Crippen LogP contribution in [-0.4, -0.2) is 227 Å².